The summed E-state index contributed by atoms with van der Waals surface area (Å²) < 4.78 is 0. The van der Waals surface area contributed by atoms with E-state index in [1.165, 1.54) is 116 Å². The van der Waals surface area contributed by atoms with Gasteiger partial charge in [-0.25, -0.2) is 0 Å². The van der Waals surface area contributed by atoms with Gasteiger partial charge in [0.05, 0.1) is 0 Å². The van der Waals surface area contributed by atoms with E-state index in [4.69, 9.17) is 0 Å². The van der Waals surface area contributed by atoms with Gasteiger partial charge in [0.2, 0.25) is 0 Å². The monoisotopic (exact) mass is 390 g/mol. The van der Waals surface area contributed by atoms with Crippen molar-refractivity contribution in [2.45, 2.75) is 142 Å². The molecule has 28 heavy (non-hydrogen) atoms. The van der Waals surface area contributed by atoms with Crippen molar-refractivity contribution in [2.24, 2.45) is 11.8 Å². The summed E-state index contributed by atoms with van der Waals surface area (Å²) in [5.74, 6) is 1.92. The van der Waals surface area contributed by atoms with Crippen molar-refractivity contribution in [2.75, 3.05) is 0 Å². The molecule has 2 unspecified atom stereocenters. The van der Waals surface area contributed by atoms with Gasteiger partial charge in [0.15, 0.2) is 0 Å². The smallest absolute Gasteiger partial charge is 0.0351 e. The largest absolute Gasteiger partial charge is 0.0885 e. The fraction of sp³-hybridized carbons (Fsp3) is 0.857. The Bertz CT molecular complexity index is 303. The van der Waals surface area contributed by atoms with E-state index in [0.717, 1.165) is 24.7 Å². The maximum absolute atomic E-state index is 3.93. The summed E-state index contributed by atoms with van der Waals surface area (Å²) in [6, 6.07) is 0. The molecule has 0 aromatic heterocycles. The Morgan fingerprint density at radius 1 is 0.571 bits per heavy atom. The normalized spacial score (nSPS) is 14.0. The zero-order valence-corrected chi connectivity index (χ0v) is 19.9. The summed E-state index contributed by atoms with van der Waals surface area (Å²) in [7, 11) is 0. The Morgan fingerprint density at radius 2 is 1.07 bits per heavy atom. The van der Waals surface area contributed by atoms with E-state index in [1.807, 2.05) is 0 Å². The molecule has 0 aliphatic carbocycles. The first kappa shape index (κ1) is 27.7. The molecule has 2 radical (unpaired) electrons. The Morgan fingerprint density at radius 3 is 1.75 bits per heavy atom. The molecule has 0 saturated carbocycles. The minimum Gasteiger partial charge on any atom is -0.0885 e. The van der Waals surface area contributed by atoms with Crippen LogP contribution in [0.15, 0.2) is 12.2 Å². The van der Waals surface area contributed by atoms with E-state index in [0.29, 0.717) is 0 Å². The number of hydrogen-bond acceptors (Lipinski definition) is 0. The molecule has 166 valence electrons. The van der Waals surface area contributed by atoms with E-state index in [-0.39, 0.29) is 0 Å². The summed E-state index contributed by atoms with van der Waals surface area (Å²) in [6.45, 7) is 12.7. The Balaban J connectivity index is 3.49. The van der Waals surface area contributed by atoms with Crippen LogP contribution in [0.5, 0.6) is 0 Å². The fourth-order valence-electron chi connectivity index (χ4n) is 4.20. The molecule has 0 bridgehead atoms. The van der Waals surface area contributed by atoms with E-state index < -0.39 is 0 Å². The van der Waals surface area contributed by atoms with Crippen LogP contribution in [0.3, 0.4) is 0 Å². The van der Waals surface area contributed by atoms with Crippen LogP contribution in [-0.2, 0) is 0 Å². The van der Waals surface area contributed by atoms with Gasteiger partial charge < -0.3 is 0 Å². The minimum atomic E-state index is 0.937. The number of rotatable bonds is 22. The van der Waals surface area contributed by atoms with Crippen molar-refractivity contribution in [3.8, 4) is 0 Å². The molecule has 0 rings (SSSR count). The lowest BCUT2D eigenvalue weighted by Crippen LogP contribution is -2.02. The van der Waals surface area contributed by atoms with E-state index in [9.17, 15) is 0 Å². The molecule has 0 fully saturated rings. The van der Waals surface area contributed by atoms with Gasteiger partial charge in [0.1, 0.15) is 0 Å². The van der Waals surface area contributed by atoms with E-state index in [2.05, 4.69) is 39.8 Å². The second-order valence-corrected chi connectivity index (χ2v) is 9.18. The highest BCUT2D eigenvalue weighted by Crippen LogP contribution is 2.23. The summed E-state index contributed by atoms with van der Waals surface area (Å²) in [5, 5.41) is 0. The van der Waals surface area contributed by atoms with Gasteiger partial charge in [-0.1, -0.05) is 143 Å². The lowest BCUT2D eigenvalue weighted by Gasteiger charge is -2.16. The molecule has 0 heterocycles. The molecular formula is C28H54. The SMILES string of the molecule is [CH2]CCCC=CCCCCCCC(CC)CCCC(C)CCCCCCC[CH2]. The molecule has 0 saturated heterocycles. The van der Waals surface area contributed by atoms with Gasteiger partial charge in [-0.2, -0.15) is 0 Å². The first-order valence-corrected chi connectivity index (χ1v) is 13.0. The van der Waals surface area contributed by atoms with Crippen molar-refractivity contribution in [3.63, 3.8) is 0 Å². The Hall–Kier alpha value is -0.260. The van der Waals surface area contributed by atoms with Crippen molar-refractivity contribution in [3.05, 3.63) is 26.0 Å². The van der Waals surface area contributed by atoms with Gasteiger partial charge in [0.25, 0.3) is 0 Å². The average molecular weight is 391 g/mol. The van der Waals surface area contributed by atoms with Gasteiger partial charge in [-0.15, -0.1) is 0 Å². The summed E-state index contributed by atoms with van der Waals surface area (Å²) in [4.78, 5) is 0. The van der Waals surface area contributed by atoms with Gasteiger partial charge in [-0.3, -0.25) is 0 Å². The number of hydrogen-bond donors (Lipinski definition) is 0. The summed E-state index contributed by atoms with van der Waals surface area (Å²) in [6.07, 6.45) is 32.1. The standard InChI is InChI=1S/C28H54/c1-5-8-10-12-14-15-16-17-19-21-25-28(7-3)26-22-24-27(4)23-20-18-13-11-9-6-2/h12,14,27-28H,1-2,5-11,13,15-26H2,3-4H3. The number of unbranched alkanes of at least 4 members (excludes halogenated alkanes) is 11. The molecule has 2 atom stereocenters. The average Bonchev–Trinajstić information content (AvgIpc) is 2.70. The molecule has 0 aliphatic rings. The van der Waals surface area contributed by atoms with Crippen LogP contribution in [0.4, 0.5) is 0 Å². The van der Waals surface area contributed by atoms with E-state index in [1.54, 1.807) is 0 Å². The van der Waals surface area contributed by atoms with Gasteiger partial charge >= 0.3 is 0 Å². The van der Waals surface area contributed by atoms with Crippen molar-refractivity contribution in [1.82, 2.24) is 0 Å². The highest BCUT2D eigenvalue weighted by molar-refractivity contribution is 4.81. The lowest BCUT2D eigenvalue weighted by molar-refractivity contribution is 0.367. The molecule has 0 N–H and O–H groups in total. The molecule has 0 aliphatic heterocycles. The van der Waals surface area contributed by atoms with Crippen LogP contribution in [-0.4, -0.2) is 0 Å². The second-order valence-electron chi connectivity index (χ2n) is 9.18. The summed E-state index contributed by atoms with van der Waals surface area (Å²) >= 11 is 0. The predicted octanol–water partition coefficient (Wildman–Crippen LogP) is 10.3. The predicted molar refractivity (Wildman–Crippen MR) is 131 cm³/mol. The minimum absolute atomic E-state index is 0.937. The highest BCUT2D eigenvalue weighted by Gasteiger charge is 2.08. The zero-order valence-electron chi connectivity index (χ0n) is 19.9. The van der Waals surface area contributed by atoms with Gasteiger partial charge in [0, 0.05) is 0 Å². The lowest BCUT2D eigenvalue weighted by atomic mass is 9.90. The fourth-order valence-corrected chi connectivity index (χ4v) is 4.20. The Kier molecular flexibility index (Phi) is 22.8. The quantitative estimate of drug-likeness (QED) is 0.127. The molecular weight excluding hydrogens is 336 g/mol. The maximum atomic E-state index is 3.93. The van der Waals surface area contributed by atoms with E-state index >= 15 is 0 Å². The van der Waals surface area contributed by atoms with Crippen molar-refractivity contribution in [1.29, 1.82) is 0 Å². The maximum Gasteiger partial charge on any atom is -0.0351 e. The first-order chi connectivity index (χ1) is 13.7. The van der Waals surface area contributed by atoms with Crippen LogP contribution in [0, 0.1) is 25.7 Å². The number of allylic oxidation sites excluding steroid dienone is 2. The second kappa shape index (κ2) is 23.0. The van der Waals surface area contributed by atoms with Crippen LogP contribution >= 0.6 is 0 Å². The third kappa shape index (κ3) is 20.5. The molecule has 0 amide bonds. The summed E-state index contributed by atoms with van der Waals surface area (Å²) in [5.41, 5.74) is 0. The molecule has 0 aromatic carbocycles. The highest BCUT2D eigenvalue weighted by atomic mass is 14.1. The van der Waals surface area contributed by atoms with Crippen LogP contribution in [0.2, 0.25) is 0 Å². The molecule has 0 spiro atoms. The molecule has 0 aromatic rings. The van der Waals surface area contributed by atoms with Crippen LogP contribution in [0.25, 0.3) is 0 Å². The third-order valence-electron chi connectivity index (χ3n) is 6.35. The van der Waals surface area contributed by atoms with Gasteiger partial charge in [-0.05, 0) is 37.5 Å². The molecule has 0 heteroatoms. The van der Waals surface area contributed by atoms with Crippen molar-refractivity contribution >= 4 is 0 Å². The molecule has 0 nitrogen and oxygen atoms in total. The zero-order chi connectivity index (χ0) is 20.7. The Labute approximate surface area is 180 Å². The van der Waals surface area contributed by atoms with Crippen LogP contribution < -0.4 is 0 Å². The topological polar surface area (TPSA) is 0 Å². The third-order valence-corrected chi connectivity index (χ3v) is 6.35. The van der Waals surface area contributed by atoms with Crippen LogP contribution in [0.1, 0.15) is 142 Å². The van der Waals surface area contributed by atoms with Crippen molar-refractivity contribution < 1.29 is 0 Å². The first-order valence-electron chi connectivity index (χ1n) is 13.0.